The van der Waals surface area contributed by atoms with Crippen molar-refractivity contribution in [1.82, 2.24) is 5.43 Å². The van der Waals surface area contributed by atoms with E-state index in [4.69, 9.17) is 16.3 Å². The Labute approximate surface area is 173 Å². The molecule has 0 unspecified atom stereocenters. The monoisotopic (exact) mass is 404 g/mol. The number of benzene rings is 3. The van der Waals surface area contributed by atoms with E-state index in [0.29, 0.717) is 23.1 Å². The van der Waals surface area contributed by atoms with Crippen molar-refractivity contribution in [3.63, 3.8) is 0 Å². The summed E-state index contributed by atoms with van der Waals surface area (Å²) in [6.07, 6.45) is 1.56. The number of amides is 2. The number of nitrogens with one attached hydrogen (secondary N) is 1. The number of carbonyl (C=O) groups excluding carboxylic acids is 2. The summed E-state index contributed by atoms with van der Waals surface area (Å²) >= 11 is 5.98. The maximum absolute atomic E-state index is 12.7. The molecule has 1 aliphatic rings. The van der Waals surface area contributed by atoms with E-state index in [2.05, 4.69) is 5.43 Å². The highest BCUT2D eigenvalue weighted by Crippen LogP contribution is 2.24. The summed E-state index contributed by atoms with van der Waals surface area (Å²) in [5.74, 6) is -0.181. The van der Waals surface area contributed by atoms with E-state index in [9.17, 15) is 9.59 Å². The number of rotatable bonds is 5. The average Bonchev–Trinajstić information content (AvgIpc) is 3.02. The standard InChI is InChI=1S/C23H17ClN2O3/c24-18-7-4-8-19(14-18)26-23(28)21(22(27)25-26)13-16-9-11-20(12-10-16)29-15-17-5-2-1-3-6-17/h1-14H,15H2,(H,25,27). The fourth-order valence-corrected chi connectivity index (χ4v) is 3.11. The molecule has 1 heterocycles. The zero-order chi connectivity index (χ0) is 20.2. The molecule has 1 aliphatic heterocycles. The molecule has 5 nitrogen and oxygen atoms in total. The van der Waals surface area contributed by atoms with E-state index in [1.54, 1.807) is 54.6 Å². The largest absolute Gasteiger partial charge is 0.489 e. The highest BCUT2D eigenvalue weighted by atomic mass is 35.5. The second-order valence-corrected chi connectivity index (χ2v) is 6.90. The van der Waals surface area contributed by atoms with Crippen molar-refractivity contribution in [2.75, 3.05) is 5.01 Å². The minimum Gasteiger partial charge on any atom is -0.489 e. The highest BCUT2D eigenvalue weighted by Gasteiger charge is 2.34. The van der Waals surface area contributed by atoms with E-state index in [-0.39, 0.29) is 5.57 Å². The van der Waals surface area contributed by atoms with Crippen LogP contribution in [0.4, 0.5) is 5.69 Å². The zero-order valence-electron chi connectivity index (χ0n) is 15.3. The predicted molar refractivity (Wildman–Crippen MR) is 112 cm³/mol. The fourth-order valence-electron chi connectivity index (χ4n) is 2.92. The molecule has 3 aromatic carbocycles. The number of ether oxygens (including phenoxy) is 1. The lowest BCUT2D eigenvalue weighted by atomic mass is 10.1. The van der Waals surface area contributed by atoms with Gasteiger partial charge in [0.05, 0.1) is 5.69 Å². The van der Waals surface area contributed by atoms with Crippen LogP contribution >= 0.6 is 11.6 Å². The predicted octanol–water partition coefficient (Wildman–Crippen LogP) is 4.38. The summed E-state index contributed by atoms with van der Waals surface area (Å²) in [5, 5.41) is 1.67. The second-order valence-electron chi connectivity index (χ2n) is 6.46. The lowest BCUT2D eigenvalue weighted by molar-refractivity contribution is -0.117. The van der Waals surface area contributed by atoms with Gasteiger partial charge in [0.1, 0.15) is 17.9 Å². The lowest BCUT2D eigenvalue weighted by Crippen LogP contribution is -2.35. The molecule has 3 aromatic rings. The van der Waals surface area contributed by atoms with Crippen molar-refractivity contribution < 1.29 is 14.3 Å². The normalized spacial score (nSPS) is 14.9. The van der Waals surface area contributed by atoms with Gasteiger partial charge in [-0.25, -0.2) is 5.01 Å². The summed E-state index contributed by atoms with van der Waals surface area (Å²) in [5.41, 5.74) is 4.92. The average molecular weight is 405 g/mol. The number of hydrazine groups is 1. The molecule has 0 radical (unpaired) electrons. The van der Waals surface area contributed by atoms with Crippen molar-refractivity contribution in [3.05, 3.63) is 101 Å². The minimum atomic E-state index is -0.459. The molecule has 0 aliphatic carbocycles. The molecule has 0 spiro atoms. The molecule has 1 fully saturated rings. The Morgan fingerprint density at radius 3 is 2.41 bits per heavy atom. The molecule has 0 saturated carbocycles. The first-order valence-electron chi connectivity index (χ1n) is 9.00. The number of hydrogen-bond donors (Lipinski definition) is 1. The van der Waals surface area contributed by atoms with Crippen molar-refractivity contribution in [2.24, 2.45) is 0 Å². The Balaban J connectivity index is 1.47. The van der Waals surface area contributed by atoms with Gasteiger partial charge < -0.3 is 4.74 Å². The Bertz CT molecular complexity index is 1080. The number of anilines is 1. The first kappa shape index (κ1) is 18.8. The van der Waals surface area contributed by atoms with Gasteiger partial charge in [-0.05, 0) is 47.5 Å². The van der Waals surface area contributed by atoms with Gasteiger partial charge in [-0.15, -0.1) is 0 Å². The van der Waals surface area contributed by atoms with Gasteiger partial charge in [0.15, 0.2) is 0 Å². The topological polar surface area (TPSA) is 58.6 Å². The lowest BCUT2D eigenvalue weighted by Gasteiger charge is -2.14. The Morgan fingerprint density at radius 2 is 1.69 bits per heavy atom. The molecule has 144 valence electrons. The van der Waals surface area contributed by atoms with Crippen LogP contribution in [0.5, 0.6) is 5.75 Å². The van der Waals surface area contributed by atoms with Crippen molar-refractivity contribution >= 4 is 35.2 Å². The van der Waals surface area contributed by atoms with Gasteiger partial charge in [0, 0.05) is 5.02 Å². The van der Waals surface area contributed by atoms with Crippen LogP contribution < -0.4 is 15.2 Å². The van der Waals surface area contributed by atoms with Gasteiger partial charge in [0.25, 0.3) is 11.8 Å². The van der Waals surface area contributed by atoms with Crippen molar-refractivity contribution in [1.29, 1.82) is 0 Å². The number of halogens is 1. The molecular weight excluding hydrogens is 388 g/mol. The smallest absolute Gasteiger partial charge is 0.282 e. The molecule has 6 heteroatoms. The molecule has 4 rings (SSSR count). The maximum atomic E-state index is 12.7. The van der Waals surface area contributed by atoms with Crippen LogP contribution in [0, 0.1) is 0 Å². The summed E-state index contributed by atoms with van der Waals surface area (Å²) in [6.45, 7) is 0.469. The molecule has 0 atom stereocenters. The van der Waals surface area contributed by atoms with Crippen LogP contribution in [0.3, 0.4) is 0 Å². The molecule has 29 heavy (non-hydrogen) atoms. The van der Waals surface area contributed by atoms with Gasteiger partial charge in [-0.2, -0.15) is 0 Å². The third-order valence-electron chi connectivity index (χ3n) is 4.40. The van der Waals surface area contributed by atoms with Crippen LogP contribution in [-0.2, 0) is 16.2 Å². The zero-order valence-corrected chi connectivity index (χ0v) is 16.1. The summed E-state index contributed by atoms with van der Waals surface area (Å²) in [6, 6.07) is 23.8. The molecular formula is C23H17ClN2O3. The van der Waals surface area contributed by atoms with Gasteiger partial charge in [0.2, 0.25) is 0 Å². The Hall–Kier alpha value is -3.57. The highest BCUT2D eigenvalue weighted by molar-refractivity contribution is 6.33. The maximum Gasteiger partial charge on any atom is 0.282 e. The summed E-state index contributed by atoms with van der Waals surface area (Å²) in [4.78, 5) is 24.9. The molecule has 0 bridgehead atoms. The Morgan fingerprint density at radius 1 is 0.931 bits per heavy atom. The molecule has 2 amide bonds. The van der Waals surface area contributed by atoms with Crippen LogP contribution in [0.2, 0.25) is 5.02 Å². The van der Waals surface area contributed by atoms with Gasteiger partial charge in [-0.3, -0.25) is 15.0 Å². The van der Waals surface area contributed by atoms with Crippen LogP contribution in [0.15, 0.2) is 84.4 Å². The quantitative estimate of drug-likeness (QED) is 0.507. The van der Waals surface area contributed by atoms with E-state index >= 15 is 0 Å². The van der Waals surface area contributed by atoms with Crippen LogP contribution in [-0.4, -0.2) is 11.8 Å². The second kappa shape index (κ2) is 8.20. The summed E-state index contributed by atoms with van der Waals surface area (Å²) in [7, 11) is 0. The Kier molecular flexibility index (Phi) is 5.31. The van der Waals surface area contributed by atoms with Crippen molar-refractivity contribution in [2.45, 2.75) is 6.61 Å². The van der Waals surface area contributed by atoms with E-state index < -0.39 is 11.8 Å². The third-order valence-corrected chi connectivity index (χ3v) is 4.63. The van der Waals surface area contributed by atoms with Gasteiger partial charge >= 0.3 is 0 Å². The van der Waals surface area contributed by atoms with E-state index in [0.717, 1.165) is 11.1 Å². The summed E-state index contributed by atoms with van der Waals surface area (Å²) < 4.78 is 5.76. The first-order valence-corrected chi connectivity index (χ1v) is 9.37. The number of nitrogens with zero attached hydrogens (tertiary/aromatic N) is 1. The molecule has 1 N–H and O–H groups in total. The van der Waals surface area contributed by atoms with Gasteiger partial charge in [-0.1, -0.05) is 60.1 Å². The van der Waals surface area contributed by atoms with Crippen LogP contribution in [0.25, 0.3) is 6.08 Å². The molecule has 1 saturated heterocycles. The van der Waals surface area contributed by atoms with E-state index in [1.165, 1.54) is 5.01 Å². The third kappa shape index (κ3) is 4.31. The van der Waals surface area contributed by atoms with Crippen molar-refractivity contribution in [3.8, 4) is 5.75 Å². The number of carbonyl (C=O) groups is 2. The van der Waals surface area contributed by atoms with Crippen LogP contribution in [0.1, 0.15) is 11.1 Å². The van der Waals surface area contributed by atoms with E-state index in [1.807, 2.05) is 30.3 Å². The SMILES string of the molecule is O=C1NN(c2cccc(Cl)c2)C(=O)C1=Cc1ccc(OCc2ccccc2)cc1. The number of hydrogen-bond acceptors (Lipinski definition) is 3. The minimum absolute atomic E-state index is 0.0583. The molecule has 0 aromatic heterocycles. The fraction of sp³-hybridized carbons (Fsp3) is 0.0435. The first-order chi connectivity index (χ1) is 14.1.